The SMILES string of the molecule is COC(=O)c1cc(S(=O)(=O)NC(CN)C2CCCC2)ccc1OC. The number of methoxy groups -OCH3 is 2. The Kier molecular flexibility index (Phi) is 6.20. The van der Waals surface area contributed by atoms with Crippen LogP contribution >= 0.6 is 0 Å². The van der Waals surface area contributed by atoms with Crippen molar-refractivity contribution in [2.45, 2.75) is 36.6 Å². The number of esters is 1. The number of benzene rings is 1. The fraction of sp³-hybridized carbons (Fsp3) is 0.562. The third kappa shape index (κ3) is 4.06. The molecule has 0 aliphatic heterocycles. The highest BCUT2D eigenvalue weighted by Crippen LogP contribution is 2.29. The summed E-state index contributed by atoms with van der Waals surface area (Å²) < 4.78 is 37.8. The van der Waals surface area contributed by atoms with Gasteiger partial charge in [0.05, 0.1) is 19.1 Å². The molecule has 2 rings (SSSR count). The molecule has 0 bridgehead atoms. The van der Waals surface area contributed by atoms with Gasteiger partial charge in [0.2, 0.25) is 10.0 Å². The van der Waals surface area contributed by atoms with E-state index in [9.17, 15) is 13.2 Å². The molecule has 8 heteroatoms. The van der Waals surface area contributed by atoms with Crippen LogP contribution in [0, 0.1) is 5.92 Å². The minimum absolute atomic E-state index is 0.0138. The predicted octanol–water partition coefficient (Wildman–Crippen LogP) is 1.28. The first-order chi connectivity index (χ1) is 11.4. The second-order valence-electron chi connectivity index (χ2n) is 5.86. The summed E-state index contributed by atoms with van der Waals surface area (Å²) in [5.74, 6) is -0.148. The summed E-state index contributed by atoms with van der Waals surface area (Å²) in [6.45, 7) is 0.240. The molecular formula is C16H24N2O5S. The van der Waals surface area contributed by atoms with Crippen molar-refractivity contribution in [1.82, 2.24) is 4.72 Å². The highest BCUT2D eigenvalue weighted by atomic mass is 32.2. The van der Waals surface area contributed by atoms with Crippen LogP contribution in [-0.4, -0.2) is 41.2 Å². The Balaban J connectivity index is 2.29. The summed E-state index contributed by atoms with van der Waals surface area (Å²) >= 11 is 0. The van der Waals surface area contributed by atoms with Crippen LogP contribution in [0.4, 0.5) is 0 Å². The second kappa shape index (κ2) is 7.96. The van der Waals surface area contributed by atoms with E-state index in [-0.39, 0.29) is 34.7 Å². The van der Waals surface area contributed by atoms with Gasteiger partial charge in [0.1, 0.15) is 11.3 Å². The summed E-state index contributed by atoms with van der Waals surface area (Å²) in [5.41, 5.74) is 5.83. The molecule has 7 nitrogen and oxygen atoms in total. The van der Waals surface area contributed by atoms with Crippen molar-refractivity contribution in [3.8, 4) is 5.75 Å². The Hall–Kier alpha value is -1.64. The number of rotatable bonds is 7. The molecule has 0 aromatic heterocycles. The normalized spacial score (nSPS) is 16.8. The number of sulfonamides is 1. The first kappa shape index (κ1) is 18.7. The lowest BCUT2D eigenvalue weighted by molar-refractivity contribution is 0.0597. The molecule has 1 aliphatic carbocycles. The van der Waals surface area contributed by atoms with Crippen LogP contribution in [0.1, 0.15) is 36.0 Å². The van der Waals surface area contributed by atoms with Gasteiger partial charge in [-0.25, -0.2) is 17.9 Å². The molecule has 0 amide bonds. The van der Waals surface area contributed by atoms with E-state index < -0.39 is 16.0 Å². The lowest BCUT2D eigenvalue weighted by Crippen LogP contribution is -2.44. The topological polar surface area (TPSA) is 108 Å². The molecule has 3 N–H and O–H groups in total. The first-order valence-corrected chi connectivity index (χ1v) is 9.40. The molecule has 0 heterocycles. The Morgan fingerprint density at radius 1 is 1.33 bits per heavy atom. The summed E-state index contributed by atoms with van der Waals surface area (Å²) in [5, 5.41) is 0. The minimum atomic E-state index is -3.79. The molecule has 1 saturated carbocycles. The molecule has 0 spiro atoms. The Morgan fingerprint density at radius 3 is 2.54 bits per heavy atom. The molecule has 1 aromatic carbocycles. The van der Waals surface area contributed by atoms with Gasteiger partial charge in [0.25, 0.3) is 0 Å². The maximum Gasteiger partial charge on any atom is 0.341 e. The monoisotopic (exact) mass is 356 g/mol. The van der Waals surface area contributed by atoms with E-state index in [0.29, 0.717) is 0 Å². The van der Waals surface area contributed by atoms with Crippen molar-refractivity contribution >= 4 is 16.0 Å². The average Bonchev–Trinajstić information content (AvgIpc) is 3.12. The van der Waals surface area contributed by atoms with E-state index in [1.165, 1.54) is 32.4 Å². The molecule has 134 valence electrons. The number of carbonyl (C=O) groups excluding carboxylic acids is 1. The van der Waals surface area contributed by atoms with E-state index in [1.54, 1.807) is 0 Å². The van der Waals surface area contributed by atoms with Crippen LogP contribution in [0.3, 0.4) is 0 Å². The van der Waals surface area contributed by atoms with Gasteiger partial charge in [-0.1, -0.05) is 12.8 Å². The lowest BCUT2D eigenvalue weighted by atomic mass is 9.99. The third-order valence-electron chi connectivity index (χ3n) is 4.42. The van der Waals surface area contributed by atoms with Gasteiger partial charge in [0, 0.05) is 12.6 Å². The zero-order valence-electron chi connectivity index (χ0n) is 13.9. The summed E-state index contributed by atoms with van der Waals surface area (Å²) in [4.78, 5) is 11.8. The smallest absolute Gasteiger partial charge is 0.341 e. The number of hydrogen-bond donors (Lipinski definition) is 2. The maximum absolute atomic E-state index is 12.7. The molecule has 24 heavy (non-hydrogen) atoms. The number of nitrogens with two attached hydrogens (primary N) is 1. The van der Waals surface area contributed by atoms with Gasteiger partial charge in [-0.2, -0.15) is 0 Å². The van der Waals surface area contributed by atoms with Gasteiger partial charge in [0.15, 0.2) is 0 Å². The van der Waals surface area contributed by atoms with E-state index in [4.69, 9.17) is 10.5 Å². The van der Waals surface area contributed by atoms with E-state index in [2.05, 4.69) is 9.46 Å². The van der Waals surface area contributed by atoms with Gasteiger partial charge in [-0.3, -0.25) is 0 Å². The standard InChI is InChI=1S/C16H24N2O5S/c1-22-15-8-7-12(9-13(15)16(19)23-2)24(20,21)18-14(10-17)11-5-3-4-6-11/h7-9,11,14,18H,3-6,10,17H2,1-2H3. The van der Waals surface area contributed by atoms with Crippen LogP contribution in [0.25, 0.3) is 0 Å². The van der Waals surface area contributed by atoms with Gasteiger partial charge in [-0.05, 0) is 37.0 Å². The fourth-order valence-electron chi connectivity index (χ4n) is 3.09. The van der Waals surface area contributed by atoms with Crippen LogP contribution in [0.5, 0.6) is 5.75 Å². The predicted molar refractivity (Wildman–Crippen MR) is 89.5 cm³/mol. The van der Waals surface area contributed by atoms with Gasteiger partial charge in [-0.15, -0.1) is 0 Å². The zero-order valence-corrected chi connectivity index (χ0v) is 14.8. The average molecular weight is 356 g/mol. The van der Waals surface area contributed by atoms with Crippen molar-refractivity contribution in [2.75, 3.05) is 20.8 Å². The van der Waals surface area contributed by atoms with Crippen LogP contribution in [0.15, 0.2) is 23.1 Å². The van der Waals surface area contributed by atoms with Crippen LogP contribution in [-0.2, 0) is 14.8 Å². The van der Waals surface area contributed by atoms with E-state index in [1.807, 2.05) is 0 Å². The van der Waals surface area contributed by atoms with Gasteiger partial charge >= 0.3 is 5.97 Å². The van der Waals surface area contributed by atoms with Crippen molar-refractivity contribution in [3.63, 3.8) is 0 Å². The first-order valence-electron chi connectivity index (χ1n) is 7.91. The molecular weight excluding hydrogens is 332 g/mol. The lowest BCUT2D eigenvalue weighted by Gasteiger charge is -2.23. The highest BCUT2D eigenvalue weighted by molar-refractivity contribution is 7.89. The number of ether oxygens (including phenoxy) is 2. The van der Waals surface area contributed by atoms with Crippen molar-refractivity contribution in [3.05, 3.63) is 23.8 Å². The van der Waals surface area contributed by atoms with E-state index in [0.717, 1.165) is 25.7 Å². The molecule has 1 aromatic rings. The molecule has 1 atom stereocenters. The Morgan fingerprint density at radius 2 is 2.00 bits per heavy atom. The van der Waals surface area contributed by atoms with Crippen molar-refractivity contribution < 1.29 is 22.7 Å². The van der Waals surface area contributed by atoms with E-state index >= 15 is 0 Å². The number of nitrogens with one attached hydrogen (secondary N) is 1. The van der Waals surface area contributed by atoms with Crippen LogP contribution in [0.2, 0.25) is 0 Å². The van der Waals surface area contributed by atoms with Crippen molar-refractivity contribution in [2.24, 2.45) is 11.7 Å². The largest absolute Gasteiger partial charge is 0.496 e. The summed E-state index contributed by atoms with van der Waals surface area (Å²) in [7, 11) is -1.16. The van der Waals surface area contributed by atoms with Crippen molar-refractivity contribution in [1.29, 1.82) is 0 Å². The summed E-state index contributed by atoms with van der Waals surface area (Å²) in [6, 6.07) is 3.79. The molecule has 1 fully saturated rings. The highest BCUT2D eigenvalue weighted by Gasteiger charge is 2.29. The number of carbonyl (C=O) groups is 1. The summed E-state index contributed by atoms with van der Waals surface area (Å²) in [6.07, 6.45) is 4.14. The van der Waals surface area contributed by atoms with Gasteiger partial charge < -0.3 is 15.2 Å². The third-order valence-corrected chi connectivity index (χ3v) is 5.90. The maximum atomic E-state index is 12.7. The number of hydrogen-bond acceptors (Lipinski definition) is 6. The molecule has 0 radical (unpaired) electrons. The molecule has 0 saturated heterocycles. The molecule has 1 unspecified atom stereocenters. The molecule has 1 aliphatic rings. The quantitative estimate of drug-likeness (QED) is 0.713. The fourth-order valence-corrected chi connectivity index (χ4v) is 4.43. The zero-order chi connectivity index (χ0) is 17.7. The Labute approximate surface area is 142 Å². The minimum Gasteiger partial charge on any atom is -0.496 e. The second-order valence-corrected chi connectivity index (χ2v) is 7.58. The van der Waals surface area contributed by atoms with Crippen LogP contribution < -0.4 is 15.2 Å². The Bertz CT molecular complexity index is 684.